The molecule has 0 saturated carbocycles. The highest BCUT2D eigenvalue weighted by Gasteiger charge is 2.25. The van der Waals surface area contributed by atoms with Gasteiger partial charge in [0.2, 0.25) is 5.75 Å². The van der Waals surface area contributed by atoms with Gasteiger partial charge in [-0.2, -0.15) is 0 Å². The first-order valence-electron chi connectivity index (χ1n) is 7.78. The quantitative estimate of drug-likeness (QED) is 0.407. The maximum Gasteiger partial charge on any atom is 0.312 e. The maximum atomic E-state index is 12.2. The lowest BCUT2D eigenvalue weighted by Crippen LogP contribution is -2.19. The number of thioether (sulfide) groups is 1. The molecule has 1 heterocycles. The molecule has 0 aliphatic carbocycles. The number of hydrogen-bond acceptors (Lipinski definition) is 6. The number of aliphatic imine (C=N–C) groups is 1. The Hall–Kier alpha value is -2.65. The Morgan fingerprint density at radius 2 is 1.89 bits per heavy atom. The minimum Gasteiger partial charge on any atom is -0.501 e. The Bertz CT molecular complexity index is 1010. The highest BCUT2D eigenvalue weighted by Crippen LogP contribution is 2.37. The molecular weight excluding hydrogens is 434 g/mol. The second-order valence-corrected chi connectivity index (χ2v) is 7.84. The van der Waals surface area contributed by atoms with E-state index in [0.717, 1.165) is 28.6 Å². The van der Waals surface area contributed by atoms with E-state index in [2.05, 4.69) is 26.2 Å². The van der Waals surface area contributed by atoms with E-state index in [1.54, 1.807) is 0 Å². The molecule has 0 aromatic heterocycles. The number of hydrogen-bond donors (Lipinski definition) is 2. The lowest BCUT2D eigenvalue weighted by Gasteiger charge is -2.02. The van der Waals surface area contributed by atoms with Crippen molar-refractivity contribution in [1.82, 2.24) is 5.32 Å². The average Bonchev–Trinajstić information content (AvgIpc) is 2.88. The van der Waals surface area contributed by atoms with Gasteiger partial charge in [0, 0.05) is 6.07 Å². The molecule has 1 aliphatic heterocycles. The fraction of sp³-hybridized carbons (Fsp3) is 0.111. The summed E-state index contributed by atoms with van der Waals surface area (Å²) >= 11 is 4.23. The molecule has 0 bridgehead atoms. The summed E-state index contributed by atoms with van der Waals surface area (Å²) in [4.78, 5) is 27.4. The van der Waals surface area contributed by atoms with Crippen LogP contribution in [-0.2, 0) is 4.79 Å². The van der Waals surface area contributed by atoms with Gasteiger partial charge >= 0.3 is 5.69 Å². The van der Waals surface area contributed by atoms with E-state index in [1.807, 2.05) is 32.0 Å². The van der Waals surface area contributed by atoms with Crippen molar-refractivity contribution < 1.29 is 14.8 Å². The Morgan fingerprint density at radius 1 is 1.22 bits per heavy atom. The molecule has 0 unspecified atom stereocenters. The standard InChI is InChI=1S/C18H14BrN3O4S/c1-9-3-10(2)5-12(4-9)20-18-21-17(24)15(27-18)8-11-6-13(19)16(23)14(7-11)22(25)26/h3-8,23H,1-2H3,(H,20,21,24). The van der Waals surface area contributed by atoms with E-state index in [-0.39, 0.29) is 10.4 Å². The van der Waals surface area contributed by atoms with Crippen LogP contribution in [0.4, 0.5) is 11.4 Å². The van der Waals surface area contributed by atoms with Gasteiger partial charge < -0.3 is 10.4 Å². The van der Waals surface area contributed by atoms with Gasteiger partial charge in [-0.05, 0) is 82.5 Å². The molecule has 7 nitrogen and oxygen atoms in total. The number of halogens is 1. The van der Waals surface area contributed by atoms with Crippen LogP contribution >= 0.6 is 27.7 Å². The first kappa shape index (κ1) is 19.1. The third kappa shape index (κ3) is 4.37. The number of carbonyl (C=O) groups is 1. The molecule has 1 aliphatic rings. The highest BCUT2D eigenvalue weighted by molar-refractivity contribution is 9.10. The van der Waals surface area contributed by atoms with Crippen LogP contribution in [0.3, 0.4) is 0 Å². The van der Waals surface area contributed by atoms with Gasteiger partial charge in [0.15, 0.2) is 5.17 Å². The molecule has 2 aromatic rings. The molecule has 3 rings (SSSR count). The summed E-state index contributed by atoms with van der Waals surface area (Å²) in [5.41, 5.74) is 2.85. The number of rotatable bonds is 3. The van der Waals surface area contributed by atoms with E-state index >= 15 is 0 Å². The van der Waals surface area contributed by atoms with Crippen LogP contribution in [-0.4, -0.2) is 21.1 Å². The number of aromatic hydroxyl groups is 1. The van der Waals surface area contributed by atoms with Gasteiger partial charge in [0.05, 0.1) is 20.0 Å². The van der Waals surface area contributed by atoms with Crippen LogP contribution in [0.25, 0.3) is 6.08 Å². The van der Waals surface area contributed by atoms with Crippen molar-refractivity contribution >= 4 is 56.2 Å². The van der Waals surface area contributed by atoms with Gasteiger partial charge in [0.25, 0.3) is 5.91 Å². The molecule has 1 saturated heterocycles. The van der Waals surface area contributed by atoms with E-state index in [9.17, 15) is 20.0 Å². The van der Waals surface area contributed by atoms with E-state index in [1.165, 1.54) is 18.2 Å². The van der Waals surface area contributed by atoms with Crippen LogP contribution in [0.2, 0.25) is 0 Å². The first-order valence-corrected chi connectivity index (χ1v) is 9.38. The molecule has 2 aromatic carbocycles. The Morgan fingerprint density at radius 3 is 2.52 bits per heavy atom. The maximum absolute atomic E-state index is 12.2. The van der Waals surface area contributed by atoms with Crippen molar-refractivity contribution in [3.63, 3.8) is 0 Å². The molecule has 1 fully saturated rings. The number of phenolic OH excluding ortho intramolecular Hbond substituents is 1. The second kappa shape index (κ2) is 7.53. The topological polar surface area (TPSA) is 105 Å². The Balaban J connectivity index is 1.92. The van der Waals surface area contributed by atoms with Crippen LogP contribution in [0.5, 0.6) is 5.75 Å². The van der Waals surface area contributed by atoms with Gasteiger partial charge in [-0.15, -0.1) is 0 Å². The number of nitro benzene ring substituents is 1. The predicted octanol–water partition coefficient (Wildman–Crippen LogP) is 4.57. The number of nitrogens with zero attached hydrogens (tertiary/aromatic N) is 2. The summed E-state index contributed by atoms with van der Waals surface area (Å²) in [5.74, 6) is -0.794. The summed E-state index contributed by atoms with van der Waals surface area (Å²) in [6, 6.07) is 8.57. The van der Waals surface area contributed by atoms with E-state index in [4.69, 9.17) is 0 Å². The normalized spacial score (nSPS) is 16.8. The van der Waals surface area contributed by atoms with Crippen LogP contribution in [0.15, 0.2) is 44.7 Å². The van der Waals surface area contributed by atoms with Gasteiger partial charge in [-0.25, -0.2) is 4.99 Å². The lowest BCUT2D eigenvalue weighted by atomic mass is 10.1. The molecule has 9 heteroatoms. The number of nitrogens with one attached hydrogen (secondary N) is 1. The zero-order valence-corrected chi connectivity index (χ0v) is 16.7. The number of benzene rings is 2. The molecule has 0 radical (unpaired) electrons. The Labute approximate surface area is 167 Å². The molecule has 0 atom stereocenters. The number of phenols is 1. The number of nitro groups is 1. The molecular formula is C18H14BrN3O4S. The number of aryl methyl sites for hydroxylation is 2. The minimum absolute atomic E-state index is 0.177. The molecule has 2 N–H and O–H groups in total. The van der Waals surface area contributed by atoms with Gasteiger partial charge in [0.1, 0.15) is 0 Å². The van der Waals surface area contributed by atoms with Crippen molar-refractivity contribution in [3.05, 3.63) is 66.5 Å². The summed E-state index contributed by atoms with van der Waals surface area (Å²) in [6.07, 6.45) is 1.52. The summed E-state index contributed by atoms with van der Waals surface area (Å²) in [6.45, 7) is 3.94. The molecule has 138 valence electrons. The minimum atomic E-state index is -0.684. The van der Waals surface area contributed by atoms with E-state index in [0.29, 0.717) is 15.6 Å². The van der Waals surface area contributed by atoms with Crippen molar-refractivity contribution in [2.45, 2.75) is 13.8 Å². The van der Waals surface area contributed by atoms with Crippen molar-refractivity contribution in [2.75, 3.05) is 0 Å². The van der Waals surface area contributed by atoms with Crippen LogP contribution in [0, 0.1) is 24.0 Å². The van der Waals surface area contributed by atoms with Gasteiger partial charge in [-0.1, -0.05) is 6.07 Å². The monoisotopic (exact) mass is 447 g/mol. The second-order valence-electron chi connectivity index (χ2n) is 5.96. The third-order valence-electron chi connectivity index (χ3n) is 3.65. The number of carbonyl (C=O) groups excluding carboxylic acids is 1. The van der Waals surface area contributed by atoms with E-state index < -0.39 is 16.4 Å². The lowest BCUT2D eigenvalue weighted by molar-refractivity contribution is -0.386. The summed E-state index contributed by atoms with van der Waals surface area (Å²) in [5, 5.41) is 23.9. The summed E-state index contributed by atoms with van der Waals surface area (Å²) < 4.78 is 0.177. The molecule has 27 heavy (non-hydrogen) atoms. The number of amidine groups is 1. The van der Waals surface area contributed by atoms with Crippen LogP contribution in [0.1, 0.15) is 16.7 Å². The average molecular weight is 448 g/mol. The fourth-order valence-corrected chi connectivity index (χ4v) is 3.90. The third-order valence-corrected chi connectivity index (χ3v) is 5.16. The number of amides is 1. The Kier molecular flexibility index (Phi) is 5.33. The summed E-state index contributed by atoms with van der Waals surface area (Å²) in [7, 11) is 0. The SMILES string of the molecule is Cc1cc(C)cc(N=C2NC(=O)C(=Cc3cc(Br)c(O)c([N+](=O)[O-])c3)S2)c1. The fourth-order valence-electron chi connectivity index (χ4n) is 2.59. The largest absolute Gasteiger partial charge is 0.501 e. The van der Waals surface area contributed by atoms with Crippen molar-refractivity contribution in [1.29, 1.82) is 0 Å². The smallest absolute Gasteiger partial charge is 0.312 e. The predicted molar refractivity (Wildman–Crippen MR) is 109 cm³/mol. The van der Waals surface area contributed by atoms with Crippen LogP contribution < -0.4 is 5.32 Å². The molecule has 0 spiro atoms. The van der Waals surface area contributed by atoms with Crippen molar-refractivity contribution in [2.24, 2.45) is 4.99 Å². The highest BCUT2D eigenvalue weighted by atomic mass is 79.9. The van der Waals surface area contributed by atoms with Gasteiger partial charge in [-0.3, -0.25) is 14.9 Å². The zero-order chi connectivity index (χ0) is 19.7. The first-order chi connectivity index (χ1) is 12.7. The van der Waals surface area contributed by atoms with Crippen molar-refractivity contribution in [3.8, 4) is 5.75 Å². The zero-order valence-electron chi connectivity index (χ0n) is 14.3. The molecule has 1 amide bonds.